The van der Waals surface area contributed by atoms with E-state index in [2.05, 4.69) is 4.74 Å². The van der Waals surface area contributed by atoms with Gasteiger partial charge < -0.3 is 18.9 Å². The summed E-state index contributed by atoms with van der Waals surface area (Å²) in [7, 11) is 1.21. The Morgan fingerprint density at radius 3 is 1.24 bits per heavy atom. The Hall–Kier alpha value is -2.90. The van der Waals surface area contributed by atoms with Gasteiger partial charge in [0.15, 0.2) is 11.8 Å². The zero-order chi connectivity index (χ0) is 21.8. The van der Waals surface area contributed by atoms with E-state index in [1.54, 1.807) is 45.0 Å². The number of carbonyl (C=O) groups excluding carboxylic acids is 4. The molecule has 0 heterocycles. The van der Waals surface area contributed by atoms with E-state index in [1.807, 2.05) is 0 Å². The summed E-state index contributed by atoms with van der Waals surface area (Å²) in [6, 6.07) is 6.89. The summed E-state index contributed by atoms with van der Waals surface area (Å²) in [4.78, 5) is 48.1. The van der Waals surface area contributed by atoms with Crippen molar-refractivity contribution in [3.05, 3.63) is 35.4 Å². The Balaban J connectivity index is 2.92. The molecule has 0 aliphatic rings. The second kappa shape index (κ2) is 12.5. The molecule has 0 fully saturated rings. The topological polar surface area (TPSA) is 105 Å². The van der Waals surface area contributed by atoms with Gasteiger partial charge in [0, 0.05) is 0 Å². The van der Waals surface area contributed by atoms with E-state index in [0.29, 0.717) is 11.1 Å². The standard InChI is InChI=1S/C21H28O8/c1-5-27-19(23)16(18(22)26-4)12-14-8-10-15(11-9-14)13-17(20(24)28-6-2)21(25)29-7-3/h8-11,16-17H,5-7,12-13H2,1-4H3. The van der Waals surface area contributed by atoms with Crippen molar-refractivity contribution in [2.24, 2.45) is 11.8 Å². The van der Waals surface area contributed by atoms with E-state index >= 15 is 0 Å². The van der Waals surface area contributed by atoms with Crippen LogP contribution >= 0.6 is 0 Å². The Morgan fingerprint density at radius 2 is 0.966 bits per heavy atom. The van der Waals surface area contributed by atoms with Gasteiger partial charge in [0.05, 0.1) is 26.9 Å². The number of carbonyl (C=O) groups is 4. The minimum atomic E-state index is -1.06. The highest BCUT2D eigenvalue weighted by atomic mass is 16.6. The van der Waals surface area contributed by atoms with Crippen molar-refractivity contribution < 1.29 is 38.1 Å². The molecule has 0 aliphatic carbocycles. The van der Waals surface area contributed by atoms with Crippen molar-refractivity contribution in [3.8, 4) is 0 Å². The van der Waals surface area contributed by atoms with Gasteiger partial charge >= 0.3 is 23.9 Å². The first-order chi connectivity index (χ1) is 13.9. The molecule has 1 atom stereocenters. The lowest BCUT2D eigenvalue weighted by atomic mass is 9.95. The minimum absolute atomic E-state index is 0.116. The third-order valence-corrected chi connectivity index (χ3v) is 4.10. The van der Waals surface area contributed by atoms with E-state index in [1.165, 1.54) is 7.11 Å². The molecule has 0 aliphatic heterocycles. The number of benzene rings is 1. The highest BCUT2D eigenvalue weighted by Crippen LogP contribution is 2.17. The van der Waals surface area contributed by atoms with E-state index in [4.69, 9.17) is 14.2 Å². The fraction of sp³-hybridized carbons (Fsp3) is 0.524. The molecule has 29 heavy (non-hydrogen) atoms. The lowest BCUT2D eigenvalue weighted by Gasteiger charge is -2.15. The van der Waals surface area contributed by atoms with Crippen LogP contribution in [-0.2, 0) is 51.0 Å². The van der Waals surface area contributed by atoms with Gasteiger partial charge in [-0.05, 0) is 44.7 Å². The highest BCUT2D eigenvalue weighted by Gasteiger charge is 2.31. The summed E-state index contributed by atoms with van der Waals surface area (Å²) in [5.41, 5.74) is 1.42. The molecule has 0 saturated carbocycles. The lowest BCUT2D eigenvalue weighted by molar-refractivity contribution is -0.162. The van der Waals surface area contributed by atoms with Crippen LogP contribution < -0.4 is 0 Å². The first-order valence-electron chi connectivity index (χ1n) is 9.53. The maximum Gasteiger partial charge on any atom is 0.320 e. The molecule has 1 aromatic carbocycles. The summed E-state index contributed by atoms with van der Waals surface area (Å²) >= 11 is 0. The number of methoxy groups -OCH3 is 1. The third kappa shape index (κ3) is 7.56. The van der Waals surface area contributed by atoms with Gasteiger partial charge in [-0.15, -0.1) is 0 Å². The molecule has 0 saturated heterocycles. The van der Waals surface area contributed by atoms with Gasteiger partial charge in [0.25, 0.3) is 0 Å². The normalized spacial score (nSPS) is 11.5. The SMILES string of the molecule is CCOC(=O)C(Cc1ccc(CC(C(=O)OCC)C(=O)OCC)cc1)C(=O)OC. The lowest BCUT2D eigenvalue weighted by Crippen LogP contribution is -2.30. The third-order valence-electron chi connectivity index (χ3n) is 4.10. The molecule has 0 spiro atoms. The van der Waals surface area contributed by atoms with Crippen molar-refractivity contribution >= 4 is 23.9 Å². The first-order valence-corrected chi connectivity index (χ1v) is 9.53. The number of ether oxygens (including phenoxy) is 4. The molecule has 0 aromatic heterocycles. The Bertz CT molecular complexity index is 677. The Morgan fingerprint density at radius 1 is 0.655 bits per heavy atom. The summed E-state index contributed by atoms with van der Waals surface area (Å²) in [5.74, 6) is -4.70. The van der Waals surface area contributed by atoms with Crippen molar-refractivity contribution in [2.45, 2.75) is 33.6 Å². The summed E-state index contributed by atoms with van der Waals surface area (Å²) < 4.78 is 19.5. The van der Waals surface area contributed by atoms with Gasteiger partial charge in [0.2, 0.25) is 0 Å². The average Bonchev–Trinajstić information content (AvgIpc) is 2.71. The maximum absolute atomic E-state index is 12.1. The first kappa shape index (κ1) is 24.1. The zero-order valence-electron chi connectivity index (χ0n) is 17.3. The zero-order valence-corrected chi connectivity index (χ0v) is 17.3. The van der Waals surface area contributed by atoms with E-state index in [9.17, 15) is 19.2 Å². The molecule has 0 amide bonds. The summed E-state index contributed by atoms with van der Waals surface area (Å²) in [5, 5.41) is 0. The summed E-state index contributed by atoms with van der Waals surface area (Å²) in [6.07, 6.45) is 0.237. The van der Waals surface area contributed by atoms with Crippen LogP contribution in [0.25, 0.3) is 0 Å². The highest BCUT2D eigenvalue weighted by molar-refractivity contribution is 5.95. The quantitative estimate of drug-likeness (QED) is 0.310. The van der Waals surface area contributed by atoms with E-state index in [-0.39, 0.29) is 32.7 Å². The average molecular weight is 408 g/mol. The fourth-order valence-corrected chi connectivity index (χ4v) is 2.68. The second-order valence-corrected chi connectivity index (χ2v) is 6.11. The molecule has 1 aromatic rings. The van der Waals surface area contributed by atoms with Crippen molar-refractivity contribution in [3.63, 3.8) is 0 Å². The predicted molar refractivity (Wildman–Crippen MR) is 103 cm³/mol. The number of hydrogen-bond donors (Lipinski definition) is 0. The molecule has 8 nitrogen and oxygen atoms in total. The van der Waals surface area contributed by atoms with E-state index < -0.39 is 35.7 Å². The van der Waals surface area contributed by atoms with Crippen molar-refractivity contribution in [2.75, 3.05) is 26.9 Å². The molecule has 0 bridgehead atoms. The Labute approximate surface area is 170 Å². The molecule has 0 N–H and O–H groups in total. The van der Waals surface area contributed by atoms with Crippen molar-refractivity contribution in [1.82, 2.24) is 0 Å². The van der Waals surface area contributed by atoms with Gasteiger partial charge in [0.1, 0.15) is 0 Å². The van der Waals surface area contributed by atoms with Crippen LogP contribution in [0, 0.1) is 11.8 Å². The van der Waals surface area contributed by atoms with Gasteiger partial charge in [-0.1, -0.05) is 24.3 Å². The molecule has 1 unspecified atom stereocenters. The molecule has 8 heteroatoms. The minimum Gasteiger partial charge on any atom is -0.468 e. The maximum atomic E-state index is 12.1. The van der Waals surface area contributed by atoms with Crippen LogP contribution in [0.5, 0.6) is 0 Å². The van der Waals surface area contributed by atoms with E-state index in [0.717, 1.165) is 0 Å². The molecule has 1 rings (SSSR count). The number of hydrogen-bond acceptors (Lipinski definition) is 8. The predicted octanol–water partition coefficient (Wildman–Crippen LogP) is 1.87. The fourth-order valence-electron chi connectivity index (χ4n) is 2.68. The number of rotatable bonds is 11. The van der Waals surface area contributed by atoms with Crippen molar-refractivity contribution in [1.29, 1.82) is 0 Å². The Kier molecular flexibility index (Phi) is 10.4. The van der Waals surface area contributed by atoms with Gasteiger partial charge in [-0.25, -0.2) is 0 Å². The second-order valence-electron chi connectivity index (χ2n) is 6.11. The molecule has 0 radical (unpaired) electrons. The molecular weight excluding hydrogens is 380 g/mol. The number of esters is 4. The monoisotopic (exact) mass is 408 g/mol. The largest absolute Gasteiger partial charge is 0.468 e. The van der Waals surface area contributed by atoms with Crippen LogP contribution in [0.3, 0.4) is 0 Å². The van der Waals surface area contributed by atoms with Gasteiger partial charge in [-0.3, -0.25) is 19.2 Å². The van der Waals surface area contributed by atoms with Gasteiger partial charge in [-0.2, -0.15) is 0 Å². The smallest absolute Gasteiger partial charge is 0.320 e. The van der Waals surface area contributed by atoms with Crippen LogP contribution in [-0.4, -0.2) is 50.8 Å². The van der Waals surface area contributed by atoms with Crippen LogP contribution in [0.1, 0.15) is 31.9 Å². The molecule has 160 valence electrons. The molecular formula is C21H28O8. The summed E-state index contributed by atoms with van der Waals surface area (Å²) in [6.45, 7) is 5.47. The van der Waals surface area contributed by atoms with Crippen LogP contribution in [0.2, 0.25) is 0 Å². The van der Waals surface area contributed by atoms with Crippen LogP contribution in [0.4, 0.5) is 0 Å². The van der Waals surface area contributed by atoms with Crippen LogP contribution in [0.15, 0.2) is 24.3 Å².